The Morgan fingerprint density at radius 1 is 1.10 bits per heavy atom. The minimum Gasteiger partial charge on any atom is -0.495 e. The van der Waals surface area contributed by atoms with Crippen molar-refractivity contribution in [2.24, 2.45) is 0 Å². The van der Waals surface area contributed by atoms with Gasteiger partial charge in [0.2, 0.25) is 0 Å². The molecular weight excluding hydrogens is 267 g/mol. The molecule has 0 spiro atoms. The molecule has 0 aliphatic heterocycles. The van der Waals surface area contributed by atoms with E-state index in [0.29, 0.717) is 12.1 Å². The van der Waals surface area contributed by atoms with E-state index in [9.17, 15) is 4.39 Å². The molecule has 3 nitrogen and oxygen atoms in total. The average Bonchev–Trinajstić information content (AvgIpc) is 2.52. The van der Waals surface area contributed by atoms with E-state index >= 15 is 0 Å². The van der Waals surface area contributed by atoms with Crippen molar-refractivity contribution in [3.05, 3.63) is 53.8 Å². The first kappa shape index (κ1) is 15.3. The molecule has 2 aromatic carbocycles. The number of ether oxygens (including phenoxy) is 1. The predicted octanol–water partition coefficient (Wildman–Crippen LogP) is 3.71. The summed E-state index contributed by atoms with van der Waals surface area (Å²) in [5.74, 6) is 0.564. The third kappa shape index (κ3) is 3.34. The quantitative estimate of drug-likeness (QED) is 0.877. The van der Waals surface area contributed by atoms with Gasteiger partial charge in [-0.05, 0) is 30.8 Å². The molecule has 0 saturated heterocycles. The summed E-state index contributed by atoms with van der Waals surface area (Å²) < 4.78 is 19.5. The zero-order chi connectivity index (χ0) is 15.2. The lowest BCUT2D eigenvalue weighted by molar-refractivity contribution is 0.415. The van der Waals surface area contributed by atoms with Gasteiger partial charge in [-0.1, -0.05) is 25.1 Å². The number of anilines is 2. The van der Waals surface area contributed by atoms with Crippen LogP contribution < -0.4 is 15.0 Å². The Morgan fingerprint density at radius 3 is 2.52 bits per heavy atom. The molecule has 112 valence electrons. The summed E-state index contributed by atoms with van der Waals surface area (Å²) in [7, 11) is 3.56. The Labute approximate surface area is 125 Å². The van der Waals surface area contributed by atoms with Crippen LogP contribution in [-0.2, 0) is 6.54 Å². The fourth-order valence-electron chi connectivity index (χ4n) is 2.32. The van der Waals surface area contributed by atoms with Gasteiger partial charge < -0.3 is 15.0 Å². The van der Waals surface area contributed by atoms with Crippen LogP contribution in [-0.4, -0.2) is 20.7 Å². The molecule has 0 heterocycles. The van der Waals surface area contributed by atoms with Gasteiger partial charge in [-0.15, -0.1) is 0 Å². The second-order valence-electron chi connectivity index (χ2n) is 4.75. The number of para-hydroxylation sites is 2. The molecule has 2 rings (SSSR count). The van der Waals surface area contributed by atoms with E-state index in [1.807, 2.05) is 49.2 Å². The van der Waals surface area contributed by atoms with Gasteiger partial charge in [-0.3, -0.25) is 0 Å². The number of methoxy groups -OCH3 is 1. The van der Waals surface area contributed by atoms with Crippen molar-refractivity contribution < 1.29 is 9.13 Å². The minimum atomic E-state index is -0.199. The van der Waals surface area contributed by atoms with E-state index in [1.54, 1.807) is 13.2 Å². The van der Waals surface area contributed by atoms with E-state index < -0.39 is 0 Å². The fourth-order valence-corrected chi connectivity index (χ4v) is 2.32. The molecule has 0 radical (unpaired) electrons. The first-order valence-electron chi connectivity index (χ1n) is 7.03. The predicted molar refractivity (Wildman–Crippen MR) is 84.8 cm³/mol. The monoisotopic (exact) mass is 288 g/mol. The lowest BCUT2D eigenvalue weighted by Gasteiger charge is -2.24. The molecule has 0 amide bonds. The zero-order valence-corrected chi connectivity index (χ0v) is 12.7. The summed E-state index contributed by atoms with van der Waals surface area (Å²) >= 11 is 0. The third-order valence-corrected chi connectivity index (χ3v) is 3.45. The molecule has 0 aliphatic carbocycles. The summed E-state index contributed by atoms with van der Waals surface area (Å²) in [5.41, 5.74) is 2.40. The van der Waals surface area contributed by atoms with Crippen molar-refractivity contribution >= 4 is 11.4 Å². The molecule has 0 unspecified atom stereocenters. The lowest BCUT2D eigenvalue weighted by atomic mass is 10.1. The number of rotatable bonds is 6. The average molecular weight is 288 g/mol. The van der Waals surface area contributed by atoms with Gasteiger partial charge in [-0.2, -0.15) is 0 Å². The van der Waals surface area contributed by atoms with Gasteiger partial charge in [-0.25, -0.2) is 4.39 Å². The van der Waals surface area contributed by atoms with Crippen LogP contribution in [0.3, 0.4) is 0 Å². The highest BCUT2D eigenvalue weighted by molar-refractivity contribution is 5.70. The van der Waals surface area contributed by atoms with Crippen LogP contribution >= 0.6 is 0 Å². The van der Waals surface area contributed by atoms with Crippen molar-refractivity contribution in [3.8, 4) is 5.75 Å². The maximum atomic E-state index is 14.1. The Balaban J connectivity index is 2.43. The van der Waals surface area contributed by atoms with E-state index in [0.717, 1.165) is 23.7 Å². The molecule has 21 heavy (non-hydrogen) atoms. The summed E-state index contributed by atoms with van der Waals surface area (Å²) in [6.45, 7) is 3.30. The number of nitrogens with zero attached hydrogens (tertiary/aromatic N) is 1. The van der Waals surface area contributed by atoms with Crippen molar-refractivity contribution in [2.75, 3.05) is 25.6 Å². The van der Waals surface area contributed by atoms with Crippen LogP contribution in [0.2, 0.25) is 0 Å². The molecule has 4 heteroatoms. The SMILES string of the molecule is CCNCc1c(F)cccc1N(C)c1ccccc1OC. The Morgan fingerprint density at radius 2 is 1.81 bits per heavy atom. The summed E-state index contributed by atoms with van der Waals surface area (Å²) in [5, 5.41) is 3.18. The molecule has 0 bridgehead atoms. The maximum Gasteiger partial charge on any atom is 0.142 e. The lowest BCUT2D eigenvalue weighted by Crippen LogP contribution is -2.18. The second kappa shape index (κ2) is 7.09. The standard InChI is InChI=1S/C17H21FN2O/c1-4-19-12-13-14(18)8-7-10-15(13)20(2)16-9-5-6-11-17(16)21-3/h5-11,19H,4,12H2,1-3H3. The summed E-state index contributed by atoms with van der Waals surface area (Å²) in [6, 6.07) is 12.9. The summed E-state index contributed by atoms with van der Waals surface area (Å²) in [4.78, 5) is 1.95. The zero-order valence-electron chi connectivity index (χ0n) is 12.7. The van der Waals surface area contributed by atoms with Gasteiger partial charge in [0.05, 0.1) is 12.8 Å². The fraction of sp³-hybridized carbons (Fsp3) is 0.294. The molecular formula is C17H21FN2O. The second-order valence-corrected chi connectivity index (χ2v) is 4.75. The number of hydrogen-bond acceptors (Lipinski definition) is 3. The maximum absolute atomic E-state index is 14.1. The molecule has 0 aromatic heterocycles. The number of hydrogen-bond donors (Lipinski definition) is 1. The van der Waals surface area contributed by atoms with Crippen molar-refractivity contribution in [1.29, 1.82) is 0 Å². The van der Waals surface area contributed by atoms with Gasteiger partial charge in [0.1, 0.15) is 11.6 Å². The minimum absolute atomic E-state index is 0.199. The van der Waals surface area contributed by atoms with Gasteiger partial charge in [0.25, 0.3) is 0 Å². The highest BCUT2D eigenvalue weighted by Gasteiger charge is 2.15. The van der Waals surface area contributed by atoms with Crippen molar-refractivity contribution in [1.82, 2.24) is 5.32 Å². The molecule has 1 N–H and O–H groups in total. The van der Waals surface area contributed by atoms with Crippen LogP contribution in [0.1, 0.15) is 12.5 Å². The molecule has 0 fully saturated rings. The summed E-state index contributed by atoms with van der Waals surface area (Å²) in [6.07, 6.45) is 0. The van der Waals surface area contributed by atoms with Crippen LogP contribution in [0.5, 0.6) is 5.75 Å². The van der Waals surface area contributed by atoms with Crippen LogP contribution in [0.25, 0.3) is 0 Å². The number of nitrogens with one attached hydrogen (secondary N) is 1. The molecule has 2 aromatic rings. The van der Waals surface area contributed by atoms with Crippen LogP contribution in [0.15, 0.2) is 42.5 Å². The topological polar surface area (TPSA) is 24.5 Å². The van der Waals surface area contributed by atoms with E-state index in [2.05, 4.69) is 5.32 Å². The first-order valence-corrected chi connectivity index (χ1v) is 7.03. The van der Waals surface area contributed by atoms with Crippen LogP contribution in [0, 0.1) is 5.82 Å². The highest BCUT2D eigenvalue weighted by Crippen LogP contribution is 2.34. The van der Waals surface area contributed by atoms with Gasteiger partial charge >= 0.3 is 0 Å². The van der Waals surface area contributed by atoms with Crippen LogP contribution in [0.4, 0.5) is 15.8 Å². The largest absolute Gasteiger partial charge is 0.495 e. The van der Waals surface area contributed by atoms with E-state index in [4.69, 9.17) is 4.74 Å². The molecule has 0 aliphatic rings. The smallest absolute Gasteiger partial charge is 0.142 e. The Hall–Kier alpha value is -2.07. The first-order chi connectivity index (χ1) is 10.2. The van der Waals surface area contributed by atoms with E-state index in [-0.39, 0.29) is 5.82 Å². The Bertz CT molecular complexity index is 601. The number of benzene rings is 2. The number of halogens is 1. The third-order valence-electron chi connectivity index (χ3n) is 3.45. The Kier molecular flexibility index (Phi) is 5.17. The normalized spacial score (nSPS) is 10.5. The molecule has 0 saturated carbocycles. The van der Waals surface area contributed by atoms with E-state index in [1.165, 1.54) is 6.07 Å². The van der Waals surface area contributed by atoms with Crippen molar-refractivity contribution in [2.45, 2.75) is 13.5 Å². The van der Waals surface area contributed by atoms with Gasteiger partial charge in [0, 0.05) is 24.8 Å². The highest BCUT2D eigenvalue weighted by atomic mass is 19.1. The molecule has 0 atom stereocenters. The van der Waals surface area contributed by atoms with Gasteiger partial charge in [0.15, 0.2) is 0 Å². The van der Waals surface area contributed by atoms with Crippen molar-refractivity contribution in [3.63, 3.8) is 0 Å².